The van der Waals surface area contributed by atoms with E-state index in [9.17, 15) is 28.8 Å². The lowest BCUT2D eigenvalue weighted by Gasteiger charge is -2.41. The SMILES string of the molecule is CC(C)c1ccc(N2C(=O)C3C4CC(C3C2=O)C2C4=CC(CC3CC(=O)N(C)C3=O)C3C(=O)N(C)C(=O)C32)cc1. The summed E-state index contributed by atoms with van der Waals surface area (Å²) in [6.07, 6.45) is 3.10. The fourth-order valence-electron chi connectivity index (χ4n) is 8.95. The summed E-state index contributed by atoms with van der Waals surface area (Å²) in [5.41, 5.74) is 2.69. The number of nitrogens with zero attached hydrogens (tertiary/aromatic N) is 3. The van der Waals surface area contributed by atoms with E-state index >= 15 is 0 Å². The van der Waals surface area contributed by atoms with Crippen LogP contribution in [-0.2, 0) is 28.8 Å². The highest BCUT2D eigenvalue weighted by Crippen LogP contribution is 2.67. The third-order valence-electron chi connectivity index (χ3n) is 10.8. The van der Waals surface area contributed by atoms with E-state index in [1.54, 1.807) is 0 Å². The van der Waals surface area contributed by atoms with Crippen molar-refractivity contribution < 1.29 is 28.8 Å². The molecule has 6 amide bonds. The number of amides is 6. The molecule has 9 nitrogen and oxygen atoms in total. The van der Waals surface area contributed by atoms with Crippen molar-refractivity contribution >= 4 is 41.1 Å². The summed E-state index contributed by atoms with van der Waals surface area (Å²) in [6, 6.07) is 7.56. The van der Waals surface area contributed by atoms with Crippen molar-refractivity contribution in [3.8, 4) is 0 Å². The molecule has 2 saturated carbocycles. The number of carbonyl (C=O) groups excluding carboxylic acids is 6. The van der Waals surface area contributed by atoms with Crippen LogP contribution in [0.3, 0.4) is 0 Å². The van der Waals surface area contributed by atoms with E-state index < -0.39 is 29.6 Å². The Morgan fingerprint density at radius 1 is 0.750 bits per heavy atom. The van der Waals surface area contributed by atoms with Gasteiger partial charge in [0.25, 0.3) is 0 Å². The van der Waals surface area contributed by atoms with Gasteiger partial charge in [0.05, 0.1) is 29.4 Å². The molecule has 9 atom stereocenters. The largest absolute Gasteiger partial charge is 0.285 e. The predicted molar refractivity (Wildman–Crippen MR) is 142 cm³/mol. The summed E-state index contributed by atoms with van der Waals surface area (Å²) < 4.78 is 0. The minimum atomic E-state index is -0.621. The van der Waals surface area contributed by atoms with Crippen molar-refractivity contribution in [3.63, 3.8) is 0 Å². The molecule has 9 heteroatoms. The minimum absolute atomic E-state index is 0.0993. The van der Waals surface area contributed by atoms with Crippen LogP contribution in [0.15, 0.2) is 35.9 Å². The van der Waals surface area contributed by atoms with Gasteiger partial charge in [-0.1, -0.05) is 37.6 Å². The molecule has 0 spiro atoms. The molecule has 3 aliphatic carbocycles. The van der Waals surface area contributed by atoms with E-state index in [1.807, 2.05) is 30.3 Å². The first-order valence-corrected chi connectivity index (χ1v) is 14.3. The van der Waals surface area contributed by atoms with Crippen molar-refractivity contribution in [2.45, 2.75) is 39.0 Å². The minimum Gasteiger partial charge on any atom is -0.285 e. The third-order valence-corrected chi connectivity index (χ3v) is 10.8. The van der Waals surface area contributed by atoms with Crippen LogP contribution < -0.4 is 4.90 Å². The molecule has 3 saturated heterocycles. The van der Waals surface area contributed by atoms with Crippen LogP contribution in [0.25, 0.3) is 0 Å². The molecular formula is C31H33N3O6. The fraction of sp³-hybridized carbons (Fsp3) is 0.548. The summed E-state index contributed by atoms with van der Waals surface area (Å²) in [7, 11) is 2.97. The van der Waals surface area contributed by atoms with Crippen LogP contribution in [-0.4, -0.2) is 59.3 Å². The second-order valence-corrected chi connectivity index (χ2v) is 12.9. The summed E-state index contributed by atoms with van der Waals surface area (Å²) in [4.78, 5) is 83.1. The quantitative estimate of drug-likeness (QED) is 0.426. The van der Waals surface area contributed by atoms with Gasteiger partial charge in [0.1, 0.15) is 0 Å². The van der Waals surface area contributed by atoms with E-state index in [4.69, 9.17) is 0 Å². The first kappa shape index (κ1) is 25.4. The Bertz CT molecular complexity index is 1430. The molecule has 7 rings (SSSR count). The predicted octanol–water partition coefficient (Wildman–Crippen LogP) is 2.36. The molecular weight excluding hydrogens is 510 g/mol. The molecule has 40 heavy (non-hydrogen) atoms. The van der Waals surface area contributed by atoms with E-state index in [1.165, 1.54) is 23.9 Å². The van der Waals surface area contributed by atoms with Crippen molar-refractivity contribution in [1.29, 1.82) is 0 Å². The first-order valence-electron chi connectivity index (χ1n) is 14.3. The number of benzene rings is 1. The molecule has 1 aromatic carbocycles. The van der Waals surface area contributed by atoms with E-state index in [0.29, 0.717) is 24.4 Å². The van der Waals surface area contributed by atoms with Crippen molar-refractivity contribution in [3.05, 3.63) is 41.5 Å². The molecule has 9 unspecified atom stereocenters. The van der Waals surface area contributed by atoms with Gasteiger partial charge in [-0.05, 0) is 60.1 Å². The number of imide groups is 3. The van der Waals surface area contributed by atoms with Gasteiger partial charge in [0, 0.05) is 26.4 Å². The Hall–Kier alpha value is -3.62. The Kier molecular flexibility index (Phi) is 5.35. The first-order chi connectivity index (χ1) is 19.0. The van der Waals surface area contributed by atoms with Gasteiger partial charge >= 0.3 is 0 Å². The standard InChI is InChI=1S/C31H33N3O6/c1-13(2)14-5-7-17(8-6-14)34-30(39)24-19-12-20(25(24)31(34)40)23-18(19)10-15(9-16-11-21(35)32(3)27(16)36)22-26(23)29(38)33(4)28(22)37/h5-8,10,13,15-16,19-20,22-26H,9,11-12H2,1-4H3. The van der Waals surface area contributed by atoms with Gasteiger partial charge in [-0.2, -0.15) is 0 Å². The maximum absolute atomic E-state index is 13.8. The number of allylic oxidation sites excluding steroid dienone is 2. The lowest BCUT2D eigenvalue weighted by Crippen LogP contribution is -2.44. The Balaban J connectivity index is 1.25. The van der Waals surface area contributed by atoms with Crippen LogP contribution in [0.1, 0.15) is 44.6 Å². The van der Waals surface area contributed by atoms with Crippen LogP contribution in [0.4, 0.5) is 5.69 Å². The topological polar surface area (TPSA) is 112 Å². The second-order valence-electron chi connectivity index (χ2n) is 12.9. The molecule has 0 N–H and O–H groups in total. The average molecular weight is 544 g/mol. The maximum Gasteiger partial charge on any atom is 0.238 e. The van der Waals surface area contributed by atoms with Crippen molar-refractivity contribution in [1.82, 2.24) is 9.80 Å². The average Bonchev–Trinajstić information content (AvgIpc) is 3.68. The van der Waals surface area contributed by atoms with E-state index in [-0.39, 0.29) is 65.5 Å². The van der Waals surface area contributed by atoms with Gasteiger partial charge < -0.3 is 0 Å². The zero-order valence-electron chi connectivity index (χ0n) is 23.1. The zero-order chi connectivity index (χ0) is 28.4. The molecule has 5 fully saturated rings. The van der Waals surface area contributed by atoms with Crippen molar-refractivity contribution in [2.24, 2.45) is 53.3 Å². The molecule has 2 bridgehead atoms. The van der Waals surface area contributed by atoms with Crippen LogP contribution in [0.5, 0.6) is 0 Å². The molecule has 0 radical (unpaired) electrons. The molecule has 3 aliphatic heterocycles. The number of fused-ring (bicyclic) bond motifs is 10. The number of carbonyl (C=O) groups is 6. The van der Waals surface area contributed by atoms with E-state index in [0.717, 1.165) is 16.0 Å². The van der Waals surface area contributed by atoms with Gasteiger partial charge in [-0.15, -0.1) is 0 Å². The summed E-state index contributed by atoms with van der Waals surface area (Å²) in [5, 5.41) is 0. The maximum atomic E-state index is 13.8. The molecule has 208 valence electrons. The van der Waals surface area contributed by atoms with Gasteiger partial charge in [0.15, 0.2) is 0 Å². The lowest BCUT2D eigenvalue weighted by molar-refractivity contribution is -0.140. The Morgan fingerprint density at radius 2 is 1.40 bits per heavy atom. The number of hydrogen-bond acceptors (Lipinski definition) is 6. The second kappa shape index (κ2) is 8.44. The van der Waals surface area contributed by atoms with Gasteiger partial charge in [-0.3, -0.25) is 43.5 Å². The monoisotopic (exact) mass is 543 g/mol. The summed E-state index contributed by atoms with van der Waals surface area (Å²) in [5.74, 6) is -4.81. The third kappa shape index (κ3) is 3.14. The van der Waals surface area contributed by atoms with Gasteiger partial charge in [-0.25, -0.2) is 0 Å². The highest BCUT2D eigenvalue weighted by atomic mass is 16.2. The van der Waals surface area contributed by atoms with E-state index in [2.05, 4.69) is 13.8 Å². The number of likely N-dealkylation sites (tertiary alicyclic amines) is 2. The molecule has 3 heterocycles. The lowest BCUT2D eigenvalue weighted by atomic mass is 9.59. The normalized spacial score (nSPS) is 38.2. The summed E-state index contributed by atoms with van der Waals surface area (Å²) >= 11 is 0. The number of hydrogen-bond donors (Lipinski definition) is 0. The van der Waals surface area contributed by atoms with Crippen LogP contribution in [0.2, 0.25) is 0 Å². The number of rotatable bonds is 4. The highest BCUT2D eigenvalue weighted by Gasteiger charge is 2.70. The Morgan fingerprint density at radius 3 is 2.02 bits per heavy atom. The van der Waals surface area contributed by atoms with Crippen LogP contribution >= 0.6 is 0 Å². The van der Waals surface area contributed by atoms with Crippen molar-refractivity contribution in [2.75, 3.05) is 19.0 Å². The Labute approximate surface area is 232 Å². The smallest absolute Gasteiger partial charge is 0.238 e. The van der Waals surface area contributed by atoms with Gasteiger partial charge in [0.2, 0.25) is 35.4 Å². The summed E-state index contributed by atoms with van der Waals surface area (Å²) in [6.45, 7) is 4.18. The highest BCUT2D eigenvalue weighted by molar-refractivity contribution is 6.23. The molecule has 1 aromatic rings. The van der Waals surface area contributed by atoms with Crippen LogP contribution in [0, 0.1) is 53.3 Å². The molecule has 0 aromatic heterocycles. The molecule has 6 aliphatic rings. The number of anilines is 1. The zero-order valence-corrected chi connectivity index (χ0v) is 23.1. The fourth-order valence-corrected chi connectivity index (χ4v) is 8.95.